The molecule has 0 unspecified atom stereocenters. The fourth-order valence-corrected chi connectivity index (χ4v) is 3.31. The third-order valence-electron chi connectivity index (χ3n) is 4.15. The number of rotatable bonds is 6. The van der Waals surface area contributed by atoms with E-state index in [2.05, 4.69) is 34.6 Å². The molecule has 1 aromatic carbocycles. The normalized spacial score (nSPS) is 11.7. The van der Waals surface area contributed by atoms with Gasteiger partial charge in [0.25, 0.3) is 0 Å². The third kappa shape index (κ3) is 4.89. The van der Waals surface area contributed by atoms with Gasteiger partial charge in [0.15, 0.2) is 5.96 Å². The number of aliphatic imine (C=N–C) groups is 1. The molecule has 1 aromatic heterocycles. The molecule has 5 nitrogen and oxygen atoms in total. The topological polar surface area (TPSA) is 54.2 Å². The summed E-state index contributed by atoms with van der Waals surface area (Å²) in [5.74, 6) is 0.721. The van der Waals surface area contributed by atoms with Crippen LogP contribution in [0.4, 0.5) is 0 Å². The van der Waals surface area contributed by atoms with Gasteiger partial charge in [-0.3, -0.25) is 9.67 Å². The van der Waals surface area contributed by atoms with Gasteiger partial charge in [-0.15, -0.1) is 0 Å². The smallest absolute Gasteiger partial charge is 0.191 e. The van der Waals surface area contributed by atoms with Crippen LogP contribution < -0.4 is 10.6 Å². The lowest BCUT2D eigenvalue weighted by Gasteiger charge is -2.13. The first-order valence-corrected chi connectivity index (χ1v) is 9.17. The van der Waals surface area contributed by atoms with Crippen LogP contribution in [-0.4, -0.2) is 22.8 Å². The Labute approximate surface area is 159 Å². The minimum atomic E-state index is 0.573. The molecule has 0 saturated heterocycles. The molecule has 0 amide bonds. The van der Waals surface area contributed by atoms with Crippen LogP contribution >= 0.6 is 23.2 Å². The Morgan fingerprint density at radius 1 is 1.16 bits per heavy atom. The van der Waals surface area contributed by atoms with Gasteiger partial charge in [0.05, 0.1) is 5.69 Å². The van der Waals surface area contributed by atoms with Crippen LogP contribution in [0, 0.1) is 0 Å². The van der Waals surface area contributed by atoms with E-state index < -0.39 is 0 Å². The molecule has 1 heterocycles. The van der Waals surface area contributed by atoms with E-state index in [4.69, 9.17) is 23.2 Å². The van der Waals surface area contributed by atoms with E-state index in [-0.39, 0.29) is 0 Å². The second kappa shape index (κ2) is 9.11. The Morgan fingerprint density at radius 3 is 2.48 bits per heavy atom. The highest BCUT2D eigenvalue weighted by Gasteiger charge is 2.14. The zero-order valence-corrected chi connectivity index (χ0v) is 16.7. The highest BCUT2D eigenvalue weighted by Crippen LogP contribution is 2.20. The predicted octanol–water partition coefficient (Wildman–Crippen LogP) is 3.72. The standard InChI is InChI=1S/C18H25Cl2N5/c1-5-16-14(17(6-2)25(4)24-16)11-23-18(21-3)22-10-12-7-8-13(19)9-15(12)20/h7-9H,5-6,10-11H2,1-4H3,(H2,21,22,23). The molecular weight excluding hydrogens is 357 g/mol. The van der Waals surface area contributed by atoms with Crippen LogP contribution in [0.2, 0.25) is 10.0 Å². The Kier molecular flexibility index (Phi) is 7.14. The predicted molar refractivity (Wildman–Crippen MR) is 105 cm³/mol. The van der Waals surface area contributed by atoms with Gasteiger partial charge in [0, 0.05) is 48.5 Å². The number of aromatic nitrogens is 2. The Balaban J connectivity index is 2.01. The van der Waals surface area contributed by atoms with Crippen molar-refractivity contribution < 1.29 is 0 Å². The summed E-state index contributed by atoms with van der Waals surface area (Å²) in [6.45, 7) is 5.54. The molecule has 0 aliphatic carbocycles. The average molecular weight is 382 g/mol. The van der Waals surface area contributed by atoms with E-state index in [1.54, 1.807) is 13.1 Å². The van der Waals surface area contributed by atoms with E-state index >= 15 is 0 Å². The third-order valence-corrected chi connectivity index (χ3v) is 4.73. The van der Waals surface area contributed by atoms with Crippen molar-refractivity contribution in [2.75, 3.05) is 7.05 Å². The van der Waals surface area contributed by atoms with Crippen LogP contribution in [0.25, 0.3) is 0 Å². The maximum Gasteiger partial charge on any atom is 0.191 e. The highest BCUT2D eigenvalue weighted by atomic mass is 35.5. The fourth-order valence-electron chi connectivity index (χ4n) is 2.83. The lowest BCUT2D eigenvalue weighted by atomic mass is 10.1. The molecule has 0 aliphatic rings. The van der Waals surface area contributed by atoms with E-state index in [1.165, 1.54) is 11.3 Å². The number of hydrogen-bond donors (Lipinski definition) is 2. The SMILES string of the molecule is CCc1nn(C)c(CC)c1CNC(=NC)NCc1ccc(Cl)cc1Cl. The van der Waals surface area contributed by atoms with Crippen molar-refractivity contribution in [1.29, 1.82) is 0 Å². The molecule has 0 atom stereocenters. The van der Waals surface area contributed by atoms with Crippen molar-refractivity contribution in [1.82, 2.24) is 20.4 Å². The van der Waals surface area contributed by atoms with Crippen molar-refractivity contribution in [2.45, 2.75) is 39.8 Å². The molecule has 2 N–H and O–H groups in total. The summed E-state index contributed by atoms with van der Waals surface area (Å²) in [5, 5.41) is 12.5. The number of guanidine groups is 1. The second-order valence-corrected chi connectivity index (χ2v) is 6.56. The van der Waals surface area contributed by atoms with Crippen LogP contribution in [0.3, 0.4) is 0 Å². The van der Waals surface area contributed by atoms with E-state index in [1.807, 2.05) is 23.9 Å². The first kappa shape index (κ1) is 19.6. The van der Waals surface area contributed by atoms with Crippen molar-refractivity contribution in [3.63, 3.8) is 0 Å². The fraction of sp³-hybridized carbons (Fsp3) is 0.444. The minimum absolute atomic E-state index is 0.573. The molecule has 136 valence electrons. The molecule has 25 heavy (non-hydrogen) atoms. The number of nitrogens with zero attached hydrogens (tertiary/aromatic N) is 3. The maximum absolute atomic E-state index is 6.22. The van der Waals surface area contributed by atoms with Gasteiger partial charge in [0.1, 0.15) is 0 Å². The van der Waals surface area contributed by atoms with Crippen molar-refractivity contribution in [3.8, 4) is 0 Å². The Morgan fingerprint density at radius 2 is 1.88 bits per heavy atom. The summed E-state index contributed by atoms with van der Waals surface area (Å²) >= 11 is 12.2. The van der Waals surface area contributed by atoms with Gasteiger partial charge < -0.3 is 10.6 Å². The lowest BCUT2D eigenvalue weighted by Crippen LogP contribution is -2.36. The quantitative estimate of drug-likeness (QED) is 0.592. The number of benzene rings is 1. The summed E-state index contributed by atoms with van der Waals surface area (Å²) in [5.41, 5.74) is 4.60. The molecule has 0 bridgehead atoms. The Bertz CT molecular complexity index is 752. The zero-order valence-electron chi connectivity index (χ0n) is 15.2. The first-order valence-electron chi connectivity index (χ1n) is 8.42. The Hall–Kier alpha value is -1.72. The molecule has 0 saturated carbocycles. The van der Waals surface area contributed by atoms with Gasteiger partial charge >= 0.3 is 0 Å². The minimum Gasteiger partial charge on any atom is -0.352 e. The van der Waals surface area contributed by atoms with Crippen LogP contribution in [0.1, 0.15) is 36.4 Å². The summed E-state index contributed by atoms with van der Waals surface area (Å²) in [6, 6.07) is 5.49. The number of hydrogen-bond acceptors (Lipinski definition) is 2. The van der Waals surface area contributed by atoms with Gasteiger partial charge in [-0.2, -0.15) is 5.10 Å². The van der Waals surface area contributed by atoms with Crippen molar-refractivity contribution in [2.24, 2.45) is 12.0 Å². The molecule has 2 rings (SSSR count). The summed E-state index contributed by atoms with van der Waals surface area (Å²) in [7, 11) is 3.75. The molecule has 2 aromatic rings. The molecular formula is C18H25Cl2N5. The van der Waals surface area contributed by atoms with Crippen molar-refractivity contribution >= 4 is 29.2 Å². The lowest BCUT2D eigenvalue weighted by molar-refractivity contribution is 0.702. The molecule has 0 spiro atoms. The van der Waals surface area contributed by atoms with E-state index in [0.717, 1.165) is 30.1 Å². The summed E-state index contributed by atoms with van der Waals surface area (Å²) < 4.78 is 1.97. The molecule has 7 heteroatoms. The van der Waals surface area contributed by atoms with E-state index in [0.29, 0.717) is 23.1 Å². The summed E-state index contributed by atoms with van der Waals surface area (Å²) in [6.07, 6.45) is 1.87. The van der Waals surface area contributed by atoms with Crippen LogP contribution in [0.5, 0.6) is 0 Å². The summed E-state index contributed by atoms with van der Waals surface area (Å²) in [4.78, 5) is 4.28. The number of aryl methyl sites for hydroxylation is 2. The van der Waals surface area contributed by atoms with Crippen molar-refractivity contribution in [3.05, 3.63) is 50.8 Å². The number of halogens is 2. The van der Waals surface area contributed by atoms with Crippen LogP contribution in [0.15, 0.2) is 23.2 Å². The zero-order chi connectivity index (χ0) is 18.4. The van der Waals surface area contributed by atoms with E-state index in [9.17, 15) is 0 Å². The molecule has 0 fully saturated rings. The first-order chi connectivity index (χ1) is 12.0. The second-order valence-electron chi connectivity index (χ2n) is 5.72. The van der Waals surface area contributed by atoms with Gasteiger partial charge in [-0.05, 0) is 30.5 Å². The monoisotopic (exact) mass is 381 g/mol. The average Bonchev–Trinajstić information content (AvgIpc) is 2.91. The van der Waals surface area contributed by atoms with Gasteiger partial charge in [-0.1, -0.05) is 43.1 Å². The van der Waals surface area contributed by atoms with Crippen LogP contribution in [-0.2, 0) is 33.0 Å². The van der Waals surface area contributed by atoms with Gasteiger partial charge in [-0.25, -0.2) is 0 Å². The largest absolute Gasteiger partial charge is 0.352 e. The molecule has 0 aliphatic heterocycles. The maximum atomic E-state index is 6.22. The highest BCUT2D eigenvalue weighted by molar-refractivity contribution is 6.35. The molecule has 0 radical (unpaired) electrons. The van der Waals surface area contributed by atoms with Gasteiger partial charge in [0.2, 0.25) is 0 Å². The number of nitrogens with one attached hydrogen (secondary N) is 2.